The molecule has 0 unspecified atom stereocenters. The summed E-state index contributed by atoms with van der Waals surface area (Å²) in [5.74, 6) is 1.65. The van der Waals surface area contributed by atoms with E-state index in [4.69, 9.17) is 16.3 Å². The number of halogens is 1. The number of nitrogens with zero attached hydrogens (tertiary/aromatic N) is 3. The molecule has 0 radical (unpaired) electrons. The highest BCUT2D eigenvalue weighted by molar-refractivity contribution is 6.28. The number of ether oxygens (including phenoxy) is 1. The van der Waals surface area contributed by atoms with Crippen molar-refractivity contribution in [3.63, 3.8) is 0 Å². The van der Waals surface area contributed by atoms with Gasteiger partial charge in [-0.25, -0.2) is 0 Å². The molecule has 18 heavy (non-hydrogen) atoms. The molecule has 0 saturated heterocycles. The smallest absolute Gasteiger partial charge is 0.229 e. The standard InChI is InChI=1S/C13H16ClN3O/c1-3-7-12-15-16-13(14)17(12)10-8-5-6-9-11(10)18-4-2/h5-6,8-9H,3-4,7H2,1-2H3. The fraction of sp³-hybridized carbons (Fsp3) is 0.385. The average Bonchev–Trinajstić information content (AvgIpc) is 2.73. The molecule has 5 heteroatoms. The lowest BCUT2D eigenvalue weighted by Gasteiger charge is -2.12. The van der Waals surface area contributed by atoms with Crippen LogP contribution in [0.2, 0.25) is 5.28 Å². The number of hydrogen-bond donors (Lipinski definition) is 0. The van der Waals surface area contributed by atoms with Gasteiger partial charge in [-0.3, -0.25) is 4.57 Å². The first-order valence-corrected chi connectivity index (χ1v) is 6.47. The third kappa shape index (κ3) is 2.48. The first-order valence-electron chi connectivity index (χ1n) is 6.09. The van der Waals surface area contributed by atoms with Gasteiger partial charge in [-0.2, -0.15) is 0 Å². The van der Waals surface area contributed by atoms with Gasteiger partial charge >= 0.3 is 0 Å². The zero-order valence-corrected chi connectivity index (χ0v) is 11.3. The van der Waals surface area contributed by atoms with Crippen LogP contribution in [0.25, 0.3) is 5.69 Å². The van der Waals surface area contributed by atoms with E-state index < -0.39 is 0 Å². The summed E-state index contributed by atoms with van der Waals surface area (Å²) < 4.78 is 7.46. The van der Waals surface area contributed by atoms with Gasteiger partial charge in [-0.15, -0.1) is 10.2 Å². The van der Waals surface area contributed by atoms with Gasteiger partial charge in [0.1, 0.15) is 11.6 Å². The number of hydrogen-bond acceptors (Lipinski definition) is 3. The molecule has 1 heterocycles. The minimum Gasteiger partial charge on any atom is -0.492 e. The van der Waals surface area contributed by atoms with Crippen LogP contribution in [0.15, 0.2) is 24.3 Å². The van der Waals surface area contributed by atoms with Crippen LogP contribution in [0.3, 0.4) is 0 Å². The molecule has 0 atom stereocenters. The molecular formula is C13H16ClN3O. The van der Waals surface area contributed by atoms with Crippen LogP contribution in [-0.2, 0) is 6.42 Å². The van der Waals surface area contributed by atoms with Crippen LogP contribution in [0, 0.1) is 0 Å². The van der Waals surface area contributed by atoms with Gasteiger partial charge < -0.3 is 4.74 Å². The molecule has 2 rings (SSSR count). The van der Waals surface area contributed by atoms with Crippen molar-refractivity contribution in [3.8, 4) is 11.4 Å². The third-order valence-corrected chi connectivity index (χ3v) is 2.81. The molecule has 1 aromatic heterocycles. The van der Waals surface area contributed by atoms with E-state index in [0.29, 0.717) is 11.9 Å². The highest BCUT2D eigenvalue weighted by atomic mass is 35.5. The van der Waals surface area contributed by atoms with Gasteiger partial charge in [0.05, 0.1) is 12.3 Å². The monoisotopic (exact) mass is 265 g/mol. The van der Waals surface area contributed by atoms with Gasteiger partial charge in [0.15, 0.2) is 0 Å². The summed E-state index contributed by atoms with van der Waals surface area (Å²) in [7, 11) is 0. The number of aromatic nitrogens is 3. The second-order valence-corrected chi connectivity index (χ2v) is 4.21. The van der Waals surface area contributed by atoms with E-state index >= 15 is 0 Å². The van der Waals surface area contributed by atoms with Gasteiger partial charge in [0, 0.05) is 6.42 Å². The van der Waals surface area contributed by atoms with Gasteiger partial charge in [0.25, 0.3) is 0 Å². The van der Waals surface area contributed by atoms with Crippen LogP contribution in [0.1, 0.15) is 26.1 Å². The first-order chi connectivity index (χ1) is 8.77. The molecule has 0 amide bonds. The highest BCUT2D eigenvalue weighted by Crippen LogP contribution is 2.26. The van der Waals surface area contributed by atoms with Crippen LogP contribution < -0.4 is 4.74 Å². The lowest BCUT2D eigenvalue weighted by Crippen LogP contribution is -2.04. The van der Waals surface area contributed by atoms with Crippen molar-refractivity contribution in [2.45, 2.75) is 26.7 Å². The lowest BCUT2D eigenvalue weighted by atomic mass is 10.2. The summed E-state index contributed by atoms with van der Waals surface area (Å²) in [4.78, 5) is 0. The Morgan fingerprint density at radius 2 is 2.00 bits per heavy atom. The normalized spacial score (nSPS) is 10.6. The Labute approximate surface area is 112 Å². The maximum absolute atomic E-state index is 6.12. The predicted molar refractivity (Wildman–Crippen MR) is 71.5 cm³/mol. The Bertz CT molecular complexity index is 525. The van der Waals surface area contributed by atoms with Crippen molar-refractivity contribution in [1.82, 2.24) is 14.8 Å². The Morgan fingerprint density at radius 3 is 2.72 bits per heavy atom. The molecule has 0 N–H and O–H groups in total. The van der Waals surface area contributed by atoms with E-state index in [1.165, 1.54) is 0 Å². The Morgan fingerprint density at radius 1 is 1.22 bits per heavy atom. The highest BCUT2D eigenvalue weighted by Gasteiger charge is 2.14. The summed E-state index contributed by atoms with van der Waals surface area (Å²) in [6, 6.07) is 7.76. The van der Waals surface area contributed by atoms with Crippen LogP contribution >= 0.6 is 11.6 Å². The molecule has 0 fully saturated rings. The van der Waals surface area contributed by atoms with Crippen LogP contribution in [-0.4, -0.2) is 21.4 Å². The van der Waals surface area contributed by atoms with E-state index in [1.54, 1.807) is 0 Å². The van der Waals surface area contributed by atoms with Crippen molar-refractivity contribution >= 4 is 11.6 Å². The molecule has 4 nitrogen and oxygen atoms in total. The minimum atomic E-state index is 0.366. The second kappa shape index (κ2) is 5.87. The van der Waals surface area contributed by atoms with Crippen molar-refractivity contribution in [1.29, 1.82) is 0 Å². The zero-order valence-electron chi connectivity index (χ0n) is 10.6. The fourth-order valence-electron chi connectivity index (χ4n) is 1.84. The first kappa shape index (κ1) is 12.9. The zero-order chi connectivity index (χ0) is 13.0. The number of para-hydroxylation sites is 2. The Balaban J connectivity index is 2.50. The Kier molecular flexibility index (Phi) is 4.20. The maximum Gasteiger partial charge on any atom is 0.229 e. The molecule has 2 aromatic rings. The summed E-state index contributed by atoms with van der Waals surface area (Å²) >= 11 is 6.12. The van der Waals surface area contributed by atoms with Crippen molar-refractivity contribution < 1.29 is 4.74 Å². The Hall–Kier alpha value is -1.55. The molecule has 0 aliphatic rings. The van der Waals surface area contributed by atoms with Gasteiger partial charge in [-0.1, -0.05) is 19.1 Å². The largest absolute Gasteiger partial charge is 0.492 e. The minimum absolute atomic E-state index is 0.366. The van der Waals surface area contributed by atoms with E-state index in [0.717, 1.165) is 30.1 Å². The SMILES string of the molecule is CCCc1nnc(Cl)n1-c1ccccc1OCC. The van der Waals surface area contributed by atoms with Crippen molar-refractivity contribution in [2.75, 3.05) is 6.61 Å². The molecule has 0 bridgehead atoms. The van der Waals surface area contributed by atoms with Gasteiger partial charge in [0.2, 0.25) is 5.28 Å². The van der Waals surface area contributed by atoms with E-state index in [2.05, 4.69) is 17.1 Å². The number of rotatable bonds is 5. The van der Waals surface area contributed by atoms with Crippen molar-refractivity contribution in [2.24, 2.45) is 0 Å². The fourth-order valence-corrected chi connectivity index (χ4v) is 2.06. The molecular weight excluding hydrogens is 250 g/mol. The van der Waals surface area contributed by atoms with Crippen LogP contribution in [0.5, 0.6) is 5.75 Å². The lowest BCUT2D eigenvalue weighted by molar-refractivity contribution is 0.339. The van der Waals surface area contributed by atoms with Gasteiger partial charge in [-0.05, 0) is 37.1 Å². The molecule has 0 aliphatic carbocycles. The number of benzene rings is 1. The topological polar surface area (TPSA) is 39.9 Å². The third-order valence-electron chi connectivity index (χ3n) is 2.57. The molecule has 0 aliphatic heterocycles. The summed E-state index contributed by atoms with van der Waals surface area (Å²) in [5, 5.41) is 8.41. The molecule has 1 aromatic carbocycles. The molecule has 0 saturated carbocycles. The summed E-state index contributed by atoms with van der Waals surface area (Å²) in [6.07, 6.45) is 1.83. The van der Waals surface area contributed by atoms with Crippen LogP contribution in [0.4, 0.5) is 0 Å². The van der Waals surface area contributed by atoms with Crippen molar-refractivity contribution in [3.05, 3.63) is 35.4 Å². The predicted octanol–water partition coefficient (Wildman–Crippen LogP) is 3.27. The molecule has 96 valence electrons. The maximum atomic E-state index is 6.12. The van der Waals surface area contributed by atoms with E-state index in [1.807, 2.05) is 35.8 Å². The van der Waals surface area contributed by atoms with E-state index in [-0.39, 0.29) is 0 Å². The molecule has 0 spiro atoms. The summed E-state index contributed by atoms with van der Waals surface area (Å²) in [6.45, 7) is 4.67. The summed E-state index contributed by atoms with van der Waals surface area (Å²) in [5.41, 5.74) is 0.887. The quantitative estimate of drug-likeness (QED) is 0.833. The second-order valence-electron chi connectivity index (χ2n) is 3.87. The van der Waals surface area contributed by atoms with E-state index in [9.17, 15) is 0 Å². The average molecular weight is 266 g/mol. The number of aryl methyl sites for hydroxylation is 1.